The fourth-order valence-electron chi connectivity index (χ4n) is 2.60. The van der Waals surface area contributed by atoms with Gasteiger partial charge in [-0.1, -0.05) is 0 Å². The average Bonchev–Trinajstić information content (AvgIpc) is 3.05. The number of hydrogen-bond donors (Lipinski definition) is 1. The van der Waals surface area contributed by atoms with Crippen molar-refractivity contribution in [3.63, 3.8) is 0 Å². The zero-order valence-electron chi connectivity index (χ0n) is 12.8. The van der Waals surface area contributed by atoms with Crippen molar-refractivity contribution in [1.29, 1.82) is 0 Å². The molecule has 3 aromatic heterocycles. The first-order valence-electron chi connectivity index (χ1n) is 7.14. The summed E-state index contributed by atoms with van der Waals surface area (Å²) in [4.78, 5) is 4.52. The first-order chi connectivity index (χ1) is 10.1. The van der Waals surface area contributed by atoms with Crippen molar-refractivity contribution >= 4 is 21.6 Å². The first kappa shape index (κ1) is 14.2. The van der Waals surface area contributed by atoms with Crippen molar-refractivity contribution in [2.75, 3.05) is 0 Å². The third-order valence-electron chi connectivity index (χ3n) is 4.06. The van der Waals surface area contributed by atoms with Crippen LogP contribution in [-0.2, 0) is 7.05 Å². The van der Waals surface area contributed by atoms with Gasteiger partial charge >= 0.3 is 0 Å². The molecule has 110 valence electrons. The van der Waals surface area contributed by atoms with Gasteiger partial charge in [0.05, 0.1) is 16.4 Å². The van der Waals surface area contributed by atoms with E-state index in [0.717, 1.165) is 5.52 Å². The number of aromatic nitrogens is 3. The van der Waals surface area contributed by atoms with Crippen molar-refractivity contribution in [3.05, 3.63) is 46.7 Å². The molecule has 0 aliphatic rings. The predicted molar refractivity (Wildman–Crippen MR) is 87.5 cm³/mol. The summed E-state index contributed by atoms with van der Waals surface area (Å²) in [6.45, 7) is 6.46. The minimum absolute atomic E-state index is 0.249. The average molecular weight is 300 g/mol. The Labute approximate surface area is 128 Å². The fourth-order valence-corrected chi connectivity index (χ4v) is 3.39. The van der Waals surface area contributed by atoms with Crippen molar-refractivity contribution in [2.24, 2.45) is 7.05 Å². The number of thiophene rings is 1. The van der Waals surface area contributed by atoms with Crippen LogP contribution in [0.4, 0.5) is 0 Å². The highest BCUT2D eigenvalue weighted by Crippen LogP contribution is 2.25. The Bertz CT molecular complexity index is 759. The summed E-state index contributed by atoms with van der Waals surface area (Å²) < 4.78 is 3.16. The van der Waals surface area contributed by atoms with E-state index >= 15 is 0 Å². The highest BCUT2D eigenvalue weighted by Gasteiger charge is 2.15. The molecule has 3 rings (SSSR count). The quantitative estimate of drug-likeness (QED) is 0.798. The van der Waals surface area contributed by atoms with Gasteiger partial charge in [-0.2, -0.15) is 5.10 Å². The largest absolute Gasteiger partial charge is 0.303 e. The molecule has 0 aliphatic heterocycles. The summed E-state index contributed by atoms with van der Waals surface area (Å²) in [6, 6.07) is 4.79. The Balaban J connectivity index is 1.78. The summed E-state index contributed by atoms with van der Waals surface area (Å²) in [5.41, 5.74) is 4.74. The van der Waals surface area contributed by atoms with E-state index in [4.69, 9.17) is 0 Å². The molecule has 21 heavy (non-hydrogen) atoms. The molecule has 5 heteroatoms. The van der Waals surface area contributed by atoms with Gasteiger partial charge in [0.2, 0.25) is 0 Å². The van der Waals surface area contributed by atoms with E-state index in [0.29, 0.717) is 0 Å². The molecular weight excluding hydrogens is 280 g/mol. The number of nitrogens with zero attached hydrogens (tertiary/aromatic N) is 3. The van der Waals surface area contributed by atoms with Gasteiger partial charge in [0, 0.05) is 36.6 Å². The number of nitrogens with one attached hydrogen (secondary N) is 1. The molecule has 3 aromatic rings. The fraction of sp³-hybridized carbons (Fsp3) is 0.375. The maximum atomic E-state index is 4.52. The maximum Gasteiger partial charge on any atom is 0.0809 e. The number of hydrogen-bond acceptors (Lipinski definition) is 4. The van der Waals surface area contributed by atoms with Crippen molar-refractivity contribution in [2.45, 2.75) is 32.9 Å². The van der Waals surface area contributed by atoms with Gasteiger partial charge in [-0.25, -0.2) is 0 Å². The van der Waals surface area contributed by atoms with Gasteiger partial charge in [0.15, 0.2) is 0 Å². The van der Waals surface area contributed by atoms with Crippen LogP contribution in [0.25, 0.3) is 10.2 Å². The zero-order valence-corrected chi connectivity index (χ0v) is 13.6. The van der Waals surface area contributed by atoms with Crippen LogP contribution in [0.1, 0.15) is 42.8 Å². The van der Waals surface area contributed by atoms with E-state index in [-0.39, 0.29) is 12.1 Å². The van der Waals surface area contributed by atoms with Gasteiger partial charge in [0.25, 0.3) is 0 Å². The standard InChI is InChI=1S/C16H20N4S/c1-10(13-7-16-15(17-8-13)5-6-21-16)19-11(2)14-9-18-20(4)12(14)3/h5-11,19H,1-4H3. The normalized spacial score (nSPS) is 14.5. The monoisotopic (exact) mass is 300 g/mol. The smallest absolute Gasteiger partial charge is 0.0809 e. The number of aryl methyl sites for hydroxylation is 1. The van der Waals surface area contributed by atoms with Gasteiger partial charge in [-0.05, 0) is 43.8 Å². The van der Waals surface area contributed by atoms with E-state index in [2.05, 4.69) is 53.7 Å². The Morgan fingerprint density at radius 2 is 2.05 bits per heavy atom. The van der Waals surface area contributed by atoms with Crippen molar-refractivity contribution in [1.82, 2.24) is 20.1 Å². The topological polar surface area (TPSA) is 42.7 Å². The summed E-state index contributed by atoms with van der Waals surface area (Å²) in [5, 5.41) is 10.0. The van der Waals surface area contributed by atoms with Crippen LogP contribution in [0.15, 0.2) is 29.9 Å². The minimum atomic E-state index is 0.249. The van der Waals surface area contributed by atoms with Crippen LogP contribution in [0.3, 0.4) is 0 Å². The number of rotatable bonds is 4. The second-order valence-electron chi connectivity index (χ2n) is 5.49. The molecule has 0 bridgehead atoms. The second kappa shape index (κ2) is 5.58. The van der Waals surface area contributed by atoms with Crippen LogP contribution in [-0.4, -0.2) is 14.8 Å². The lowest BCUT2D eigenvalue weighted by molar-refractivity contribution is 0.492. The molecule has 0 spiro atoms. The third kappa shape index (κ3) is 2.71. The molecule has 0 fully saturated rings. The molecular formula is C16H20N4S. The van der Waals surface area contributed by atoms with E-state index in [9.17, 15) is 0 Å². The van der Waals surface area contributed by atoms with E-state index in [1.165, 1.54) is 21.5 Å². The van der Waals surface area contributed by atoms with Gasteiger partial charge < -0.3 is 5.32 Å². The Kier molecular flexibility index (Phi) is 3.78. The van der Waals surface area contributed by atoms with Crippen LogP contribution < -0.4 is 5.32 Å². The van der Waals surface area contributed by atoms with Gasteiger partial charge in [-0.3, -0.25) is 9.67 Å². The van der Waals surface area contributed by atoms with E-state index in [1.54, 1.807) is 11.3 Å². The SMILES string of the molecule is Cc1c(C(C)NC(C)c2cnc3ccsc3c2)cnn1C. The molecule has 0 radical (unpaired) electrons. The summed E-state index contributed by atoms with van der Waals surface area (Å²) in [6.07, 6.45) is 3.91. The van der Waals surface area contributed by atoms with Crippen molar-refractivity contribution in [3.8, 4) is 0 Å². The molecule has 0 saturated carbocycles. The lowest BCUT2D eigenvalue weighted by Gasteiger charge is -2.20. The lowest BCUT2D eigenvalue weighted by Crippen LogP contribution is -2.23. The van der Waals surface area contributed by atoms with E-state index in [1.807, 2.05) is 24.1 Å². The molecule has 4 nitrogen and oxygen atoms in total. The van der Waals surface area contributed by atoms with Crippen LogP contribution in [0, 0.1) is 6.92 Å². The van der Waals surface area contributed by atoms with Crippen LogP contribution in [0.5, 0.6) is 0 Å². The zero-order chi connectivity index (χ0) is 15.0. The second-order valence-corrected chi connectivity index (χ2v) is 6.44. The van der Waals surface area contributed by atoms with Gasteiger partial charge in [-0.15, -0.1) is 11.3 Å². The highest BCUT2D eigenvalue weighted by molar-refractivity contribution is 7.17. The summed E-state index contributed by atoms with van der Waals surface area (Å²) in [5.74, 6) is 0. The Hall–Kier alpha value is -1.72. The Morgan fingerprint density at radius 3 is 2.76 bits per heavy atom. The molecule has 3 heterocycles. The molecule has 0 amide bonds. The van der Waals surface area contributed by atoms with Crippen LogP contribution in [0.2, 0.25) is 0 Å². The molecule has 0 aliphatic carbocycles. The third-order valence-corrected chi connectivity index (χ3v) is 4.92. The van der Waals surface area contributed by atoms with Crippen molar-refractivity contribution < 1.29 is 0 Å². The number of pyridine rings is 1. The predicted octanol–water partition coefficient (Wildman–Crippen LogP) is 3.75. The molecule has 0 aromatic carbocycles. The summed E-state index contributed by atoms with van der Waals surface area (Å²) in [7, 11) is 1.98. The van der Waals surface area contributed by atoms with E-state index < -0.39 is 0 Å². The molecule has 1 N–H and O–H groups in total. The van der Waals surface area contributed by atoms with Gasteiger partial charge in [0.1, 0.15) is 0 Å². The molecule has 0 saturated heterocycles. The highest BCUT2D eigenvalue weighted by atomic mass is 32.1. The summed E-state index contributed by atoms with van der Waals surface area (Å²) >= 11 is 1.74. The Morgan fingerprint density at radius 1 is 1.24 bits per heavy atom. The van der Waals surface area contributed by atoms with Crippen LogP contribution >= 0.6 is 11.3 Å². The maximum absolute atomic E-state index is 4.52. The lowest BCUT2D eigenvalue weighted by atomic mass is 10.1. The number of fused-ring (bicyclic) bond motifs is 1. The molecule has 2 atom stereocenters. The molecule has 2 unspecified atom stereocenters. The minimum Gasteiger partial charge on any atom is -0.303 e. The first-order valence-corrected chi connectivity index (χ1v) is 8.02.